The molecule has 0 aliphatic heterocycles. The first-order valence-electron chi connectivity index (χ1n) is 7.64. The number of nitrogens with zero attached hydrogens (tertiary/aromatic N) is 4. The van der Waals surface area contributed by atoms with Crippen molar-refractivity contribution in [3.8, 4) is 17.1 Å². The summed E-state index contributed by atoms with van der Waals surface area (Å²) in [6.07, 6.45) is 6.68. The quantitative estimate of drug-likeness (QED) is 0.782. The molecule has 1 atom stereocenters. The Balaban J connectivity index is 2.09. The first kappa shape index (κ1) is 14.6. The molecule has 0 radical (unpaired) electrons. The summed E-state index contributed by atoms with van der Waals surface area (Å²) in [5.74, 6) is 0.604. The number of fused-ring (bicyclic) bond motifs is 1. The van der Waals surface area contributed by atoms with Crippen LogP contribution in [0.4, 0.5) is 0 Å². The molecular weight excluding hydrogens is 278 g/mol. The number of hydrogen-bond donors (Lipinski definition) is 1. The van der Waals surface area contributed by atoms with E-state index in [2.05, 4.69) is 34.1 Å². The van der Waals surface area contributed by atoms with Crippen LogP contribution in [0.25, 0.3) is 22.2 Å². The largest absolute Gasteiger partial charge is 0.474 e. The van der Waals surface area contributed by atoms with Crippen LogP contribution in [0, 0.1) is 0 Å². The molecule has 0 saturated heterocycles. The summed E-state index contributed by atoms with van der Waals surface area (Å²) in [4.78, 5) is 4.35. The third-order valence-electron chi connectivity index (χ3n) is 3.71. The topological polar surface area (TPSA) is 68.6 Å². The van der Waals surface area contributed by atoms with Crippen LogP contribution >= 0.6 is 0 Å². The lowest BCUT2D eigenvalue weighted by Crippen LogP contribution is -2.07. The van der Waals surface area contributed by atoms with Crippen LogP contribution in [0.15, 0.2) is 24.7 Å². The number of nitrogens with one attached hydrogen (secondary N) is 1. The van der Waals surface area contributed by atoms with Gasteiger partial charge in [0.15, 0.2) is 0 Å². The molecular formula is C16H21N5O. The van der Waals surface area contributed by atoms with Gasteiger partial charge in [0.2, 0.25) is 5.88 Å². The van der Waals surface area contributed by atoms with E-state index in [0.717, 1.165) is 28.6 Å². The number of aromatic amines is 1. The van der Waals surface area contributed by atoms with Crippen molar-refractivity contribution in [3.63, 3.8) is 0 Å². The summed E-state index contributed by atoms with van der Waals surface area (Å²) in [7, 11) is 0. The van der Waals surface area contributed by atoms with Gasteiger partial charge in [-0.25, -0.2) is 4.98 Å². The Morgan fingerprint density at radius 3 is 2.86 bits per heavy atom. The SMILES string of the molecule is CCC(C)n1cc(-c2n[nH]c3ccnc(OC(C)C)c23)cn1. The zero-order valence-electron chi connectivity index (χ0n) is 13.4. The van der Waals surface area contributed by atoms with Crippen molar-refractivity contribution in [1.82, 2.24) is 25.0 Å². The second-order valence-electron chi connectivity index (χ2n) is 5.74. The Hall–Kier alpha value is -2.37. The summed E-state index contributed by atoms with van der Waals surface area (Å²) in [6.45, 7) is 8.27. The molecule has 22 heavy (non-hydrogen) atoms. The molecule has 6 nitrogen and oxygen atoms in total. The van der Waals surface area contributed by atoms with Crippen LogP contribution in [-0.2, 0) is 0 Å². The molecule has 3 aromatic heterocycles. The van der Waals surface area contributed by atoms with Gasteiger partial charge in [-0.2, -0.15) is 10.2 Å². The second-order valence-corrected chi connectivity index (χ2v) is 5.74. The van der Waals surface area contributed by atoms with E-state index < -0.39 is 0 Å². The second kappa shape index (κ2) is 5.79. The Morgan fingerprint density at radius 2 is 2.14 bits per heavy atom. The number of aromatic nitrogens is 5. The maximum absolute atomic E-state index is 5.83. The number of rotatable bonds is 5. The third kappa shape index (κ3) is 2.56. The van der Waals surface area contributed by atoms with Gasteiger partial charge in [0, 0.05) is 24.0 Å². The lowest BCUT2D eigenvalue weighted by atomic mass is 10.1. The lowest BCUT2D eigenvalue weighted by molar-refractivity contribution is 0.236. The molecule has 0 aromatic carbocycles. The molecule has 3 aromatic rings. The van der Waals surface area contributed by atoms with Gasteiger partial charge in [-0.3, -0.25) is 9.78 Å². The van der Waals surface area contributed by atoms with E-state index in [1.807, 2.05) is 37.0 Å². The molecule has 3 rings (SSSR count). The summed E-state index contributed by atoms with van der Waals surface area (Å²) >= 11 is 0. The summed E-state index contributed by atoms with van der Waals surface area (Å²) in [5.41, 5.74) is 2.71. The lowest BCUT2D eigenvalue weighted by Gasteiger charge is -2.09. The minimum atomic E-state index is 0.0590. The Bertz CT molecular complexity index is 774. The van der Waals surface area contributed by atoms with Crippen molar-refractivity contribution in [3.05, 3.63) is 24.7 Å². The number of ether oxygens (including phenoxy) is 1. The summed E-state index contributed by atoms with van der Waals surface area (Å²) in [5, 5.41) is 12.8. The fraction of sp³-hybridized carbons (Fsp3) is 0.438. The fourth-order valence-corrected chi connectivity index (χ4v) is 2.35. The molecule has 116 valence electrons. The molecule has 0 saturated carbocycles. The molecule has 0 fully saturated rings. The smallest absolute Gasteiger partial charge is 0.225 e. The van der Waals surface area contributed by atoms with Gasteiger partial charge in [-0.05, 0) is 33.3 Å². The summed E-state index contributed by atoms with van der Waals surface area (Å²) in [6, 6.07) is 2.27. The van der Waals surface area contributed by atoms with E-state index in [0.29, 0.717) is 11.9 Å². The highest BCUT2D eigenvalue weighted by Gasteiger charge is 2.17. The van der Waals surface area contributed by atoms with Crippen molar-refractivity contribution >= 4 is 10.9 Å². The highest BCUT2D eigenvalue weighted by molar-refractivity contribution is 5.96. The highest BCUT2D eigenvalue weighted by Crippen LogP contribution is 2.32. The zero-order chi connectivity index (χ0) is 15.7. The van der Waals surface area contributed by atoms with Crippen LogP contribution in [0.1, 0.15) is 40.2 Å². The summed E-state index contributed by atoms with van der Waals surface area (Å²) < 4.78 is 7.79. The van der Waals surface area contributed by atoms with E-state index in [4.69, 9.17) is 4.74 Å². The molecule has 0 aliphatic rings. The first-order valence-corrected chi connectivity index (χ1v) is 7.64. The van der Waals surface area contributed by atoms with Gasteiger partial charge in [0.25, 0.3) is 0 Å². The standard InChI is InChI=1S/C16H21N5O/c1-5-11(4)21-9-12(8-18-21)15-14-13(19-20-15)6-7-17-16(14)22-10(2)3/h6-11H,5H2,1-4H3,(H,19,20). The molecule has 0 bridgehead atoms. The van der Waals surface area contributed by atoms with Crippen LogP contribution in [0.2, 0.25) is 0 Å². The molecule has 1 N–H and O–H groups in total. The van der Waals surface area contributed by atoms with Crippen molar-refractivity contribution in [2.75, 3.05) is 0 Å². The normalized spacial score (nSPS) is 13.0. The Kier molecular flexibility index (Phi) is 3.83. The molecule has 0 amide bonds. The Morgan fingerprint density at radius 1 is 1.32 bits per heavy atom. The molecule has 0 spiro atoms. The van der Waals surface area contributed by atoms with Gasteiger partial charge in [-0.1, -0.05) is 6.92 Å². The van der Waals surface area contributed by atoms with Crippen LogP contribution in [0.5, 0.6) is 5.88 Å². The van der Waals surface area contributed by atoms with Crippen molar-refractivity contribution in [2.24, 2.45) is 0 Å². The molecule has 0 aliphatic carbocycles. The zero-order valence-corrected chi connectivity index (χ0v) is 13.4. The van der Waals surface area contributed by atoms with Gasteiger partial charge in [0.1, 0.15) is 5.69 Å². The predicted octanol–water partition coefficient (Wildman–Crippen LogP) is 3.58. The van der Waals surface area contributed by atoms with Crippen molar-refractivity contribution in [2.45, 2.75) is 46.3 Å². The number of pyridine rings is 1. The van der Waals surface area contributed by atoms with E-state index in [9.17, 15) is 0 Å². The third-order valence-corrected chi connectivity index (χ3v) is 3.71. The molecule has 6 heteroatoms. The number of hydrogen-bond acceptors (Lipinski definition) is 4. The first-order chi connectivity index (χ1) is 10.6. The minimum absolute atomic E-state index is 0.0590. The van der Waals surface area contributed by atoms with Gasteiger partial charge in [-0.15, -0.1) is 0 Å². The predicted molar refractivity (Wildman–Crippen MR) is 85.9 cm³/mol. The van der Waals surface area contributed by atoms with Crippen LogP contribution in [-0.4, -0.2) is 31.1 Å². The van der Waals surface area contributed by atoms with Gasteiger partial charge in [0.05, 0.1) is 23.2 Å². The molecule has 3 heterocycles. The fourth-order valence-electron chi connectivity index (χ4n) is 2.35. The van der Waals surface area contributed by atoms with Crippen molar-refractivity contribution in [1.29, 1.82) is 0 Å². The maximum atomic E-state index is 5.83. The average Bonchev–Trinajstić information content (AvgIpc) is 3.12. The van der Waals surface area contributed by atoms with Crippen LogP contribution in [0.3, 0.4) is 0 Å². The Labute approximate surface area is 129 Å². The number of H-pyrrole nitrogens is 1. The van der Waals surface area contributed by atoms with E-state index >= 15 is 0 Å². The van der Waals surface area contributed by atoms with Crippen LogP contribution < -0.4 is 4.74 Å². The van der Waals surface area contributed by atoms with E-state index in [1.165, 1.54) is 0 Å². The molecule has 1 unspecified atom stereocenters. The highest BCUT2D eigenvalue weighted by atomic mass is 16.5. The minimum Gasteiger partial charge on any atom is -0.474 e. The van der Waals surface area contributed by atoms with Gasteiger partial charge >= 0.3 is 0 Å². The van der Waals surface area contributed by atoms with E-state index in [-0.39, 0.29) is 6.10 Å². The van der Waals surface area contributed by atoms with Gasteiger partial charge < -0.3 is 4.74 Å². The monoisotopic (exact) mass is 299 g/mol. The van der Waals surface area contributed by atoms with Crippen molar-refractivity contribution < 1.29 is 4.74 Å². The van der Waals surface area contributed by atoms with E-state index in [1.54, 1.807) is 6.20 Å². The average molecular weight is 299 g/mol. The maximum Gasteiger partial charge on any atom is 0.225 e.